The number of rotatable bonds is 6. The maximum atomic E-state index is 12.9. The maximum absolute atomic E-state index is 12.9. The maximum Gasteiger partial charge on any atom is 0.255 e. The van der Waals surface area contributed by atoms with Gasteiger partial charge in [-0.2, -0.15) is 0 Å². The summed E-state index contributed by atoms with van der Waals surface area (Å²) in [5.74, 6) is -0.0618. The van der Waals surface area contributed by atoms with Gasteiger partial charge < -0.3 is 9.80 Å². The van der Waals surface area contributed by atoms with E-state index in [9.17, 15) is 9.59 Å². The van der Waals surface area contributed by atoms with Gasteiger partial charge in [0.05, 0.1) is 10.6 Å². The van der Waals surface area contributed by atoms with Crippen LogP contribution in [0.3, 0.4) is 0 Å². The normalized spacial score (nSPS) is 14.6. The van der Waals surface area contributed by atoms with Gasteiger partial charge in [-0.25, -0.2) is 0 Å². The highest BCUT2D eigenvalue weighted by Crippen LogP contribution is 2.25. The summed E-state index contributed by atoms with van der Waals surface area (Å²) in [7, 11) is 1.71. The Bertz CT molecular complexity index is 894. The van der Waals surface area contributed by atoms with Gasteiger partial charge >= 0.3 is 0 Å². The summed E-state index contributed by atoms with van der Waals surface area (Å²) in [4.78, 5) is 30.6. The number of hydrogen-bond acceptors (Lipinski definition) is 3. The zero-order valence-corrected chi connectivity index (χ0v) is 18.9. The molecule has 0 unspecified atom stereocenters. The van der Waals surface area contributed by atoms with Crippen molar-refractivity contribution in [3.63, 3.8) is 0 Å². The molecule has 0 N–H and O–H groups in total. The van der Waals surface area contributed by atoms with E-state index >= 15 is 0 Å². The van der Waals surface area contributed by atoms with Gasteiger partial charge in [0.25, 0.3) is 5.91 Å². The van der Waals surface area contributed by atoms with Crippen molar-refractivity contribution < 1.29 is 9.59 Å². The van der Waals surface area contributed by atoms with Crippen LogP contribution in [0.25, 0.3) is 0 Å². The van der Waals surface area contributed by atoms with E-state index in [4.69, 9.17) is 23.2 Å². The second-order valence-corrected chi connectivity index (χ2v) is 8.32. The molecule has 0 spiro atoms. The molecular formula is C23H27Cl2N3O2. The van der Waals surface area contributed by atoms with Gasteiger partial charge in [-0.3, -0.25) is 14.5 Å². The molecule has 1 saturated heterocycles. The fraction of sp³-hybridized carbons (Fsp3) is 0.391. The molecule has 3 rings (SSSR count). The predicted octanol–water partition coefficient (Wildman–Crippen LogP) is 4.37. The minimum atomic E-state index is -0.0617. The number of anilines is 1. The number of halogens is 2. The lowest BCUT2D eigenvalue weighted by atomic mass is 10.1. The molecular weight excluding hydrogens is 421 g/mol. The number of nitrogens with zero attached hydrogens (tertiary/aromatic N) is 3. The summed E-state index contributed by atoms with van der Waals surface area (Å²) in [6.07, 6.45) is 1.37. The zero-order valence-electron chi connectivity index (χ0n) is 17.4. The lowest BCUT2D eigenvalue weighted by Gasteiger charge is -2.35. The van der Waals surface area contributed by atoms with Gasteiger partial charge in [0.1, 0.15) is 0 Å². The summed E-state index contributed by atoms with van der Waals surface area (Å²) in [5, 5.41) is 1.12. The summed E-state index contributed by atoms with van der Waals surface area (Å²) in [6, 6.07) is 13.1. The van der Waals surface area contributed by atoms with Crippen molar-refractivity contribution in [1.82, 2.24) is 9.80 Å². The molecule has 1 aliphatic rings. The van der Waals surface area contributed by atoms with E-state index in [1.807, 2.05) is 24.0 Å². The molecule has 0 aromatic heterocycles. The van der Waals surface area contributed by atoms with Gasteiger partial charge in [-0.05, 0) is 42.3 Å². The van der Waals surface area contributed by atoms with E-state index in [0.717, 1.165) is 31.1 Å². The Morgan fingerprint density at radius 3 is 2.27 bits per heavy atom. The standard InChI is InChI=1S/C23H27Cl2N3O2/c1-3-22(29)26(2)19-8-9-20(21(25)16-19)23(30)28-14-12-27(13-15-28)11-10-17-4-6-18(24)7-5-17/h4-9,16H,3,10-15H2,1-2H3. The molecule has 2 aromatic rings. The van der Waals surface area contributed by atoms with E-state index in [0.29, 0.717) is 35.8 Å². The summed E-state index contributed by atoms with van der Waals surface area (Å²) >= 11 is 12.3. The molecule has 7 heteroatoms. The predicted molar refractivity (Wildman–Crippen MR) is 123 cm³/mol. The van der Waals surface area contributed by atoms with E-state index < -0.39 is 0 Å². The Morgan fingerprint density at radius 2 is 1.67 bits per heavy atom. The molecule has 0 saturated carbocycles. The first-order chi connectivity index (χ1) is 14.4. The van der Waals surface area contributed by atoms with Gasteiger partial charge in [-0.1, -0.05) is 42.3 Å². The quantitative estimate of drug-likeness (QED) is 0.660. The molecule has 2 amide bonds. The van der Waals surface area contributed by atoms with Crippen LogP contribution in [0, 0.1) is 0 Å². The van der Waals surface area contributed by atoms with Crippen molar-refractivity contribution in [2.45, 2.75) is 19.8 Å². The zero-order chi connectivity index (χ0) is 21.7. The van der Waals surface area contributed by atoms with Crippen LogP contribution < -0.4 is 4.90 Å². The minimum Gasteiger partial charge on any atom is -0.336 e. The number of hydrogen-bond donors (Lipinski definition) is 0. The summed E-state index contributed by atoms with van der Waals surface area (Å²) in [6.45, 7) is 5.79. The smallest absolute Gasteiger partial charge is 0.255 e. The number of carbonyl (C=O) groups is 2. The van der Waals surface area contributed by atoms with Crippen LogP contribution in [0.1, 0.15) is 29.3 Å². The number of amides is 2. The average molecular weight is 448 g/mol. The van der Waals surface area contributed by atoms with Gasteiger partial charge in [0.15, 0.2) is 0 Å². The lowest BCUT2D eigenvalue weighted by Crippen LogP contribution is -2.49. The monoisotopic (exact) mass is 447 g/mol. The summed E-state index contributed by atoms with van der Waals surface area (Å²) in [5.41, 5.74) is 2.43. The topological polar surface area (TPSA) is 43.9 Å². The van der Waals surface area contributed by atoms with Crippen molar-refractivity contribution in [3.05, 3.63) is 63.6 Å². The van der Waals surface area contributed by atoms with Gasteiger partial charge in [0.2, 0.25) is 5.91 Å². The number of benzene rings is 2. The third-order valence-electron chi connectivity index (χ3n) is 5.54. The van der Waals surface area contributed by atoms with Crippen molar-refractivity contribution in [1.29, 1.82) is 0 Å². The average Bonchev–Trinajstić information content (AvgIpc) is 2.77. The van der Waals surface area contributed by atoms with E-state index in [2.05, 4.69) is 17.0 Å². The van der Waals surface area contributed by atoms with Crippen LogP contribution in [0.2, 0.25) is 10.0 Å². The fourth-order valence-electron chi connectivity index (χ4n) is 3.55. The molecule has 1 aliphatic heterocycles. The molecule has 1 fully saturated rings. The van der Waals surface area contributed by atoms with Crippen LogP contribution in [-0.4, -0.2) is 61.4 Å². The Labute approximate surface area is 188 Å². The van der Waals surface area contributed by atoms with Crippen LogP contribution in [-0.2, 0) is 11.2 Å². The molecule has 160 valence electrons. The van der Waals surface area contributed by atoms with Crippen LogP contribution in [0.4, 0.5) is 5.69 Å². The molecule has 5 nitrogen and oxygen atoms in total. The van der Waals surface area contributed by atoms with Crippen molar-refractivity contribution in [3.8, 4) is 0 Å². The molecule has 0 radical (unpaired) electrons. The lowest BCUT2D eigenvalue weighted by molar-refractivity contribution is -0.118. The second kappa shape index (κ2) is 10.3. The largest absolute Gasteiger partial charge is 0.336 e. The highest BCUT2D eigenvalue weighted by Gasteiger charge is 2.24. The molecule has 0 aliphatic carbocycles. The van der Waals surface area contributed by atoms with E-state index in [1.54, 1.807) is 30.1 Å². The highest BCUT2D eigenvalue weighted by molar-refractivity contribution is 6.34. The fourth-order valence-corrected chi connectivity index (χ4v) is 3.93. The number of piperazine rings is 1. The first-order valence-electron chi connectivity index (χ1n) is 10.2. The summed E-state index contributed by atoms with van der Waals surface area (Å²) < 4.78 is 0. The van der Waals surface area contributed by atoms with E-state index in [-0.39, 0.29) is 11.8 Å². The van der Waals surface area contributed by atoms with Crippen LogP contribution in [0.5, 0.6) is 0 Å². The number of carbonyl (C=O) groups excluding carboxylic acids is 2. The Balaban J connectivity index is 1.54. The second-order valence-electron chi connectivity index (χ2n) is 7.48. The highest BCUT2D eigenvalue weighted by atomic mass is 35.5. The molecule has 1 heterocycles. The van der Waals surface area contributed by atoms with Gasteiger partial charge in [-0.15, -0.1) is 0 Å². The van der Waals surface area contributed by atoms with Crippen LogP contribution >= 0.6 is 23.2 Å². The van der Waals surface area contributed by atoms with E-state index in [1.165, 1.54) is 5.56 Å². The first-order valence-corrected chi connectivity index (χ1v) is 11.0. The Kier molecular flexibility index (Phi) is 7.75. The van der Waals surface area contributed by atoms with Crippen molar-refractivity contribution >= 4 is 40.7 Å². The Hall–Kier alpha value is -2.08. The third-order valence-corrected chi connectivity index (χ3v) is 6.10. The first kappa shape index (κ1) is 22.6. The SMILES string of the molecule is CCC(=O)N(C)c1ccc(C(=O)N2CCN(CCc3ccc(Cl)cc3)CC2)c(Cl)c1. The molecule has 0 atom stereocenters. The molecule has 30 heavy (non-hydrogen) atoms. The van der Waals surface area contributed by atoms with Crippen molar-refractivity contribution in [2.24, 2.45) is 0 Å². The van der Waals surface area contributed by atoms with Crippen molar-refractivity contribution in [2.75, 3.05) is 44.7 Å². The minimum absolute atomic E-state index is 0.000125. The van der Waals surface area contributed by atoms with Crippen LogP contribution in [0.15, 0.2) is 42.5 Å². The molecule has 2 aromatic carbocycles. The Morgan fingerprint density at radius 1 is 1.00 bits per heavy atom. The third kappa shape index (κ3) is 5.54. The van der Waals surface area contributed by atoms with Gasteiger partial charge in [0, 0.05) is 56.9 Å². The molecule has 0 bridgehead atoms.